The first kappa shape index (κ1) is 29.2. The van der Waals surface area contributed by atoms with Gasteiger partial charge in [0.25, 0.3) is 10.0 Å². The number of amides is 2. The Balaban J connectivity index is 2.08. The van der Waals surface area contributed by atoms with Gasteiger partial charge in [-0.25, -0.2) is 8.42 Å². The van der Waals surface area contributed by atoms with Crippen LogP contribution in [0, 0.1) is 20.8 Å². The third-order valence-corrected chi connectivity index (χ3v) is 8.60. The van der Waals surface area contributed by atoms with E-state index in [1.807, 2.05) is 33.8 Å². The van der Waals surface area contributed by atoms with E-state index in [0.717, 1.165) is 26.6 Å². The number of nitrogens with zero attached hydrogens (tertiary/aromatic N) is 2. The minimum Gasteiger partial charge on any atom is -0.357 e. The summed E-state index contributed by atoms with van der Waals surface area (Å²) in [5.74, 6) is -0.821. The molecule has 1 atom stereocenters. The highest BCUT2D eigenvalue weighted by molar-refractivity contribution is 7.92. The predicted octanol–water partition coefficient (Wildman–Crippen LogP) is 5.01. The first-order chi connectivity index (χ1) is 18.0. The van der Waals surface area contributed by atoms with Crippen molar-refractivity contribution < 1.29 is 18.0 Å². The molecular weight excluding hydrogens is 522 g/mol. The highest BCUT2D eigenvalue weighted by atomic mass is 35.5. The maximum absolute atomic E-state index is 13.9. The van der Waals surface area contributed by atoms with Gasteiger partial charge in [0, 0.05) is 18.6 Å². The van der Waals surface area contributed by atoms with Crippen LogP contribution in [0.5, 0.6) is 0 Å². The van der Waals surface area contributed by atoms with Crippen LogP contribution in [0.1, 0.15) is 35.6 Å². The molecule has 7 nitrogen and oxygen atoms in total. The molecule has 0 radical (unpaired) electrons. The average molecular weight is 556 g/mol. The number of hydrogen-bond acceptors (Lipinski definition) is 4. The molecular formula is C29H34ClN3O4S. The standard InChI is InChI=1S/C29H34ClN3O4S/c1-6-27(29(35)31-5)32(18-23-10-12-24(30)13-11-23)28(34)19-33(25-14-9-21(3)22(4)17-25)38(36,37)26-15-7-20(2)8-16-26/h7-17,27H,6,18-19H2,1-5H3,(H,31,35)/t27-/m0/s1. The van der Waals surface area contributed by atoms with Gasteiger partial charge >= 0.3 is 0 Å². The van der Waals surface area contributed by atoms with E-state index in [-0.39, 0.29) is 17.3 Å². The zero-order chi connectivity index (χ0) is 28.0. The monoisotopic (exact) mass is 555 g/mol. The van der Waals surface area contributed by atoms with Crippen LogP contribution in [0.15, 0.2) is 71.6 Å². The summed E-state index contributed by atoms with van der Waals surface area (Å²) in [4.78, 5) is 28.2. The molecule has 0 fully saturated rings. The maximum Gasteiger partial charge on any atom is 0.264 e. The molecule has 0 saturated heterocycles. The molecule has 0 unspecified atom stereocenters. The third kappa shape index (κ3) is 6.74. The highest BCUT2D eigenvalue weighted by Crippen LogP contribution is 2.27. The Kier molecular flexibility index (Phi) is 9.57. The predicted molar refractivity (Wildman–Crippen MR) is 152 cm³/mol. The Morgan fingerprint density at radius 1 is 0.921 bits per heavy atom. The summed E-state index contributed by atoms with van der Waals surface area (Å²) in [6.45, 7) is 7.16. The first-order valence-electron chi connectivity index (χ1n) is 12.4. The molecule has 0 heterocycles. The molecule has 3 aromatic carbocycles. The Hall–Kier alpha value is -3.36. The van der Waals surface area contributed by atoms with Crippen LogP contribution in [-0.4, -0.2) is 44.8 Å². The fourth-order valence-electron chi connectivity index (χ4n) is 4.12. The van der Waals surface area contributed by atoms with Crippen molar-refractivity contribution in [1.29, 1.82) is 0 Å². The second-order valence-corrected chi connectivity index (χ2v) is 11.6. The maximum atomic E-state index is 13.9. The van der Waals surface area contributed by atoms with Crippen molar-refractivity contribution in [3.63, 3.8) is 0 Å². The Bertz CT molecular complexity index is 1390. The van der Waals surface area contributed by atoms with Gasteiger partial charge in [-0.1, -0.05) is 54.4 Å². The second kappa shape index (κ2) is 12.5. The van der Waals surface area contributed by atoms with E-state index in [1.165, 1.54) is 24.1 Å². The van der Waals surface area contributed by atoms with E-state index in [9.17, 15) is 18.0 Å². The summed E-state index contributed by atoms with van der Waals surface area (Å²) in [6, 6.07) is 18.0. The SMILES string of the molecule is CC[C@@H](C(=O)NC)N(Cc1ccc(Cl)cc1)C(=O)CN(c1ccc(C)c(C)c1)S(=O)(=O)c1ccc(C)cc1. The molecule has 9 heteroatoms. The van der Waals surface area contributed by atoms with E-state index >= 15 is 0 Å². The van der Waals surface area contributed by atoms with E-state index in [0.29, 0.717) is 17.1 Å². The van der Waals surface area contributed by atoms with Gasteiger partial charge in [-0.15, -0.1) is 0 Å². The van der Waals surface area contributed by atoms with Crippen LogP contribution >= 0.6 is 11.6 Å². The van der Waals surface area contributed by atoms with E-state index in [4.69, 9.17) is 11.6 Å². The molecule has 0 aliphatic carbocycles. The van der Waals surface area contributed by atoms with Crippen molar-refractivity contribution in [3.05, 3.63) is 94.0 Å². The molecule has 0 aliphatic rings. The summed E-state index contributed by atoms with van der Waals surface area (Å²) >= 11 is 6.03. The number of carbonyl (C=O) groups excluding carboxylic acids is 2. The topological polar surface area (TPSA) is 86.8 Å². The second-order valence-electron chi connectivity index (χ2n) is 9.28. The van der Waals surface area contributed by atoms with Crippen molar-refractivity contribution >= 4 is 39.1 Å². The van der Waals surface area contributed by atoms with Gasteiger partial charge in [-0.05, 0) is 80.3 Å². The number of nitrogens with one attached hydrogen (secondary N) is 1. The molecule has 3 aromatic rings. The van der Waals surface area contributed by atoms with Gasteiger partial charge in [0.15, 0.2) is 0 Å². The van der Waals surface area contributed by atoms with Gasteiger partial charge in [0.05, 0.1) is 10.6 Å². The zero-order valence-corrected chi connectivity index (χ0v) is 23.9. The Morgan fingerprint density at radius 2 is 1.55 bits per heavy atom. The lowest BCUT2D eigenvalue weighted by atomic mass is 10.1. The van der Waals surface area contributed by atoms with Crippen LogP contribution in [0.4, 0.5) is 5.69 Å². The number of likely N-dealkylation sites (N-methyl/N-ethyl adjacent to an activating group) is 1. The normalized spacial score (nSPS) is 12.1. The van der Waals surface area contributed by atoms with Crippen LogP contribution in [0.3, 0.4) is 0 Å². The lowest BCUT2D eigenvalue weighted by Crippen LogP contribution is -2.51. The molecule has 202 valence electrons. The summed E-state index contributed by atoms with van der Waals surface area (Å²) in [6.07, 6.45) is 0.355. The third-order valence-electron chi connectivity index (χ3n) is 6.56. The number of rotatable bonds is 10. The van der Waals surface area contributed by atoms with Gasteiger partial charge < -0.3 is 10.2 Å². The van der Waals surface area contributed by atoms with Crippen molar-refractivity contribution in [2.75, 3.05) is 17.9 Å². The smallest absolute Gasteiger partial charge is 0.264 e. The van der Waals surface area contributed by atoms with Crippen LogP contribution in [0.25, 0.3) is 0 Å². The zero-order valence-electron chi connectivity index (χ0n) is 22.4. The molecule has 0 saturated carbocycles. The van der Waals surface area contributed by atoms with E-state index in [1.54, 1.807) is 48.5 Å². The number of anilines is 1. The van der Waals surface area contributed by atoms with E-state index < -0.39 is 28.5 Å². The number of halogens is 1. The van der Waals surface area contributed by atoms with Gasteiger partial charge in [-0.3, -0.25) is 13.9 Å². The summed E-state index contributed by atoms with van der Waals surface area (Å²) in [5.41, 5.74) is 3.96. The minimum absolute atomic E-state index is 0.0803. The van der Waals surface area contributed by atoms with Gasteiger partial charge in [0.1, 0.15) is 12.6 Å². The van der Waals surface area contributed by atoms with Gasteiger partial charge in [-0.2, -0.15) is 0 Å². The quantitative estimate of drug-likeness (QED) is 0.381. The minimum atomic E-state index is -4.10. The number of carbonyl (C=O) groups is 2. The lowest BCUT2D eigenvalue weighted by molar-refractivity contribution is -0.140. The van der Waals surface area contributed by atoms with Crippen LogP contribution < -0.4 is 9.62 Å². The van der Waals surface area contributed by atoms with Crippen LogP contribution in [-0.2, 0) is 26.2 Å². The lowest BCUT2D eigenvalue weighted by Gasteiger charge is -2.33. The van der Waals surface area contributed by atoms with Crippen molar-refractivity contribution in [2.24, 2.45) is 0 Å². The summed E-state index contributed by atoms with van der Waals surface area (Å²) < 4.78 is 28.9. The molecule has 3 rings (SSSR count). The average Bonchev–Trinajstić information content (AvgIpc) is 2.89. The number of sulfonamides is 1. The van der Waals surface area contributed by atoms with Crippen molar-refractivity contribution in [1.82, 2.24) is 10.2 Å². The molecule has 1 N–H and O–H groups in total. The fraction of sp³-hybridized carbons (Fsp3) is 0.310. The summed E-state index contributed by atoms with van der Waals surface area (Å²) in [5, 5.41) is 3.17. The first-order valence-corrected chi connectivity index (χ1v) is 14.2. The largest absolute Gasteiger partial charge is 0.357 e. The molecule has 0 aliphatic heterocycles. The molecule has 0 spiro atoms. The Labute approximate surface area is 230 Å². The molecule has 2 amide bonds. The number of benzene rings is 3. The van der Waals surface area contributed by atoms with Crippen molar-refractivity contribution in [2.45, 2.75) is 51.6 Å². The number of aryl methyl sites for hydroxylation is 3. The Morgan fingerprint density at radius 3 is 2.11 bits per heavy atom. The number of hydrogen-bond donors (Lipinski definition) is 1. The molecule has 38 heavy (non-hydrogen) atoms. The van der Waals surface area contributed by atoms with Crippen molar-refractivity contribution in [3.8, 4) is 0 Å². The van der Waals surface area contributed by atoms with E-state index in [2.05, 4.69) is 5.32 Å². The summed E-state index contributed by atoms with van der Waals surface area (Å²) in [7, 11) is -2.58. The van der Waals surface area contributed by atoms with Gasteiger partial charge in [0.2, 0.25) is 11.8 Å². The molecule has 0 aromatic heterocycles. The highest BCUT2D eigenvalue weighted by Gasteiger charge is 2.33. The fourth-order valence-corrected chi connectivity index (χ4v) is 5.65. The van der Waals surface area contributed by atoms with Crippen LogP contribution in [0.2, 0.25) is 5.02 Å². The molecule has 0 bridgehead atoms.